The number of aryl methyl sites for hydroxylation is 1. The Balaban J connectivity index is 2.70. The van der Waals surface area contributed by atoms with Crippen LogP contribution in [0.1, 0.15) is 29.7 Å². The predicted molar refractivity (Wildman–Crippen MR) is 60.6 cm³/mol. The van der Waals surface area contributed by atoms with Crippen molar-refractivity contribution in [2.24, 2.45) is 0 Å². The third-order valence-electron chi connectivity index (χ3n) is 2.44. The molecular formula is C10H13N3S. The van der Waals surface area contributed by atoms with E-state index < -0.39 is 0 Å². The number of nitrogens with zero attached hydrogens (tertiary/aromatic N) is 2. The highest BCUT2D eigenvalue weighted by molar-refractivity contribution is 7.80. The third kappa shape index (κ3) is 1.39. The maximum absolute atomic E-state index is 4.57. The zero-order valence-corrected chi connectivity index (χ0v) is 9.18. The number of hydrogen-bond acceptors (Lipinski definition) is 3. The summed E-state index contributed by atoms with van der Waals surface area (Å²) in [6.45, 7) is 4.19. The van der Waals surface area contributed by atoms with Gasteiger partial charge in [-0.05, 0) is 24.5 Å². The molecule has 0 saturated heterocycles. The van der Waals surface area contributed by atoms with Gasteiger partial charge < -0.3 is 0 Å². The maximum atomic E-state index is 4.57. The van der Waals surface area contributed by atoms with E-state index in [-0.39, 0.29) is 5.25 Å². The molecule has 0 aromatic carbocycles. The standard InChI is InChI=1S/C10H13N3S/c1-3-8(14)9-6(2)4-11-10-7(9)5-12-13-10/h4-5,8,14H,3H2,1-2H3,(H,11,12,13). The Morgan fingerprint density at radius 2 is 2.29 bits per heavy atom. The minimum atomic E-state index is 0.262. The van der Waals surface area contributed by atoms with Crippen LogP contribution in [0.25, 0.3) is 11.0 Å². The lowest BCUT2D eigenvalue weighted by atomic mass is 10.0. The Morgan fingerprint density at radius 1 is 1.50 bits per heavy atom. The van der Waals surface area contributed by atoms with Gasteiger partial charge in [0.25, 0.3) is 0 Å². The molecule has 2 aromatic rings. The number of nitrogens with one attached hydrogen (secondary N) is 1. The van der Waals surface area contributed by atoms with Crippen molar-refractivity contribution in [3.8, 4) is 0 Å². The summed E-state index contributed by atoms with van der Waals surface area (Å²) in [5, 5.41) is 8.22. The molecule has 74 valence electrons. The lowest BCUT2D eigenvalue weighted by Crippen LogP contribution is -1.95. The van der Waals surface area contributed by atoms with Crippen molar-refractivity contribution < 1.29 is 0 Å². The van der Waals surface area contributed by atoms with Crippen LogP contribution in [0.2, 0.25) is 0 Å². The first-order chi connectivity index (χ1) is 6.74. The van der Waals surface area contributed by atoms with Crippen LogP contribution in [0.5, 0.6) is 0 Å². The minimum Gasteiger partial charge on any atom is -0.261 e. The number of aromatic nitrogens is 3. The normalized spacial score (nSPS) is 13.4. The first kappa shape index (κ1) is 9.52. The van der Waals surface area contributed by atoms with E-state index in [0.29, 0.717) is 0 Å². The van der Waals surface area contributed by atoms with Crippen molar-refractivity contribution in [3.63, 3.8) is 0 Å². The van der Waals surface area contributed by atoms with Gasteiger partial charge in [0, 0.05) is 16.8 Å². The Kier molecular flexibility index (Phi) is 2.46. The highest BCUT2D eigenvalue weighted by atomic mass is 32.1. The zero-order valence-electron chi connectivity index (χ0n) is 8.28. The highest BCUT2D eigenvalue weighted by Gasteiger charge is 2.13. The molecule has 0 radical (unpaired) electrons. The van der Waals surface area contributed by atoms with Crippen molar-refractivity contribution >= 4 is 23.7 Å². The average molecular weight is 207 g/mol. The van der Waals surface area contributed by atoms with Crippen LogP contribution in [0, 0.1) is 6.92 Å². The zero-order chi connectivity index (χ0) is 10.1. The number of pyridine rings is 1. The molecule has 0 amide bonds. The number of fused-ring (bicyclic) bond motifs is 1. The van der Waals surface area contributed by atoms with Crippen LogP contribution < -0.4 is 0 Å². The van der Waals surface area contributed by atoms with Gasteiger partial charge in [0.1, 0.15) is 0 Å². The summed E-state index contributed by atoms with van der Waals surface area (Å²) in [6, 6.07) is 0. The quantitative estimate of drug-likeness (QED) is 0.743. The van der Waals surface area contributed by atoms with Gasteiger partial charge in [0.2, 0.25) is 0 Å². The van der Waals surface area contributed by atoms with Crippen molar-refractivity contribution in [1.82, 2.24) is 15.2 Å². The molecule has 0 aliphatic rings. The molecular weight excluding hydrogens is 194 g/mol. The second kappa shape index (κ2) is 3.61. The van der Waals surface area contributed by atoms with Gasteiger partial charge in [-0.3, -0.25) is 5.10 Å². The maximum Gasteiger partial charge on any atom is 0.155 e. The first-order valence-corrected chi connectivity index (χ1v) is 5.22. The van der Waals surface area contributed by atoms with E-state index in [4.69, 9.17) is 0 Å². The fraction of sp³-hybridized carbons (Fsp3) is 0.400. The van der Waals surface area contributed by atoms with E-state index in [1.54, 1.807) is 0 Å². The molecule has 2 rings (SSSR count). The van der Waals surface area contributed by atoms with E-state index in [1.807, 2.05) is 12.4 Å². The Morgan fingerprint density at radius 3 is 3.00 bits per heavy atom. The molecule has 14 heavy (non-hydrogen) atoms. The van der Waals surface area contributed by atoms with Crippen LogP contribution in [-0.4, -0.2) is 15.2 Å². The monoisotopic (exact) mass is 207 g/mol. The molecule has 3 nitrogen and oxygen atoms in total. The van der Waals surface area contributed by atoms with E-state index in [1.165, 1.54) is 11.1 Å². The van der Waals surface area contributed by atoms with Crippen molar-refractivity contribution in [2.45, 2.75) is 25.5 Å². The van der Waals surface area contributed by atoms with E-state index in [2.05, 4.69) is 41.7 Å². The lowest BCUT2D eigenvalue weighted by Gasteiger charge is -2.11. The summed E-state index contributed by atoms with van der Waals surface area (Å²) < 4.78 is 0. The Labute approximate surface area is 88.3 Å². The average Bonchev–Trinajstić information content (AvgIpc) is 2.64. The second-order valence-electron chi connectivity index (χ2n) is 3.41. The summed E-state index contributed by atoms with van der Waals surface area (Å²) in [6.07, 6.45) is 4.70. The molecule has 0 saturated carbocycles. The van der Waals surface area contributed by atoms with Crippen molar-refractivity contribution in [3.05, 3.63) is 23.5 Å². The Bertz CT molecular complexity index is 450. The third-order valence-corrected chi connectivity index (χ3v) is 3.06. The van der Waals surface area contributed by atoms with Crippen LogP contribution >= 0.6 is 12.6 Å². The van der Waals surface area contributed by atoms with Gasteiger partial charge in [0.15, 0.2) is 5.65 Å². The van der Waals surface area contributed by atoms with Gasteiger partial charge in [-0.2, -0.15) is 17.7 Å². The van der Waals surface area contributed by atoms with Crippen LogP contribution in [0.4, 0.5) is 0 Å². The molecule has 0 aliphatic heterocycles. The van der Waals surface area contributed by atoms with E-state index >= 15 is 0 Å². The fourth-order valence-corrected chi connectivity index (χ4v) is 2.01. The van der Waals surface area contributed by atoms with Gasteiger partial charge in [-0.15, -0.1) is 0 Å². The van der Waals surface area contributed by atoms with Crippen LogP contribution in [0.3, 0.4) is 0 Å². The van der Waals surface area contributed by atoms with Crippen molar-refractivity contribution in [2.75, 3.05) is 0 Å². The largest absolute Gasteiger partial charge is 0.261 e. The Hall–Kier alpha value is -1.03. The molecule has 2 aromatic heterocycles. The van der Waals surface area contributed by atoms with Gasteiger partial charge >= 0.3 is 0 Å². The summed E-state index contributed by atoms with van der Waals surface area (Å²) in [5.41, 5.74) is 3.27. The van der Waals surface area contributed by atoms with Crippen LogP contribution in [-0.2, 0) is 0 Å². The van der Waals surface area contributed by atoms with Gasteiger partial charge in [-0.1, -0.05) is 6.92 Å². The number of rotatable bonds is 2. The van der Waals surface area contributed by atoms with Gasteiger partial charge in [0.05, 0.1) is 6.20 Å². The molecule has 1 atom stereocenters. The summed E-state index contributed by atoms with van der Waals surface area (Å²) >= 11 is 4.57. The fourth-order valence-electron chi connectivity index (χ4n) is 1.66. The molecule has 0 aliphatic carbocycles. The molecule has 1 unspecified atom stereocenters. The molecule has 2 heterocycles. The number of thiol groups is 1. The van der Waals surface area contributed by atoms with E-state index in [0.717, 1.165) is 17.5 Å². The van der Waals surface area contributed by atoms with Crippen LogP contribution in [0.15, 0.2) is 12.4 Å². The minimum absolute atomic E-state index is 0.262. The predicted octanol–water partition coefficient (Wildman–Crippen LogP) is 2.65. The molecule has 4 heteroatoms. The summed E-state index contributed by atoms with van der Waals surface area (Å²) in [5.74, 6) is 0. The molecule has 1 N–H and O–H groups in total. The smallest absolute Gasteiger partial charge is 0.155 e. The highest BCUT2D eigenvalue weighted by Crippen LogP contribution is 2.31. The van der Waals surface area contributed by atoms with E-state index in [9.17, 15) is 0 Å². The summed E-state index contributed by atoms with van der Waals surface area (Å²) in [4.78, 5) is 4.27. The van der Waals surface area contributed by atoms with Gasteiger partial charge in [-0.25, -0.2) is 4.98 Å². The SMILES string of the molecule is CCC(S)c1c(C)cnc2[nH]ncc12. The lowest BCUT2D eigenvalue weighted by molar-refractivity contribution is 0.899. The summed E-state index contributed by atoms with van der Waals surface area (Å²) in [7, 11) is 0. The molecule has 0 bridgehead atoms. The second-order valence-corrected chi connectivity index (χ2v) is 4.03. The molecule has 0 fully saturated rings. The number of H-pyrrole nitrogens is 1. The first-order valence-electron chi connectivity index (χ1n) is 4.70. The van der Waals surface area contributed by atoms with Crippen molar-refractivity contribution in [1.29, 1.82) is 0 Å². The number of aromatic amines is 1. The molecule has 0 spiro atoms. The topological polar surface area (TPSA) is 41.6 Å². The number of hydrogen-bond donors (Lipinski definition) is 2.